The molecule has 1 aliphatic heterocycles. The zero-order valence-electron chi connectivity index (χ0n) is 15.0. The molecule has 6 nitrogen and oxygen atoms in total. The van der Waals surface area contributed by atoms with Crippen LogP contribution in [0.15, 0.2) is 24.6 Å². The summed E-state index contributed by atoms with van der Waals surface area (Å²) >= 11 is 5.99. The molecule has 0 aliphatic carbocycles. The number of rotatable bonds is 4. The standard InChI is InChI=1S/C16H22ClFN4O2Si/c1-16(2,3)25(4,5)23-7-10-6-11(18)15(24-10)22-9-21-12-13(17)19-8-20-14(12)22/h6,8-10,15H,7H2,1-5H3/t10-,15?/m1/s1. The first-order valence-electron chi connectivity index (χ1n) is 8.10. The van der Waals surface area contributed by atoms with Gasteiger partial charge in [0.05, 0.1) is 12.9 Å². The van der Waals surface area contributed by atoms with Gasteiger partial charge in [0.2, 0.25) is 0 Å². The summed E-state index contributed by atoms with van der Waals surface area (Å²) in [6, 6.07) is 0. The topological polar surface area (TPSA) is 62.1 Å². The Kier molecular flexibility index (Phi) is 4.74. The van der Waals surface area contributed by atoms with Crippen LogP contribution >= 0.6 is 11.6 Å². The third-order valence-electron chi connectivity index (χ3n) is 4.87. The number of fused-ring (bicyclic) bond motifs is 1. The van der Waals surface area contributed by atoms with Crippen molar-refractivity contribution in [2.24, 2.45) is 0 Å². The van der Waals surface area contributed by atoms with Gasteiger partial charge < -0.3 is 9.16 Å². The van der Waals surface area contributed by atoms with Crippen molar-refractivity contribution < 1.29 is 13.6 Å². The van der Waals surface area contributed by atoms with E-state index in [9.17, 15) is 4.39 Å². The van der Waals surface area contributed by atoms with Crippen molar-refractivity contribution in [1.29, 1.82) is 0 Å². The molecule has 1 aliphatic rings. The lowest BCUT2D eigenvalue weighted by molar-refractivity contribution is -0.0150. The molecule has 2 aromatic heterocycles. The number of imidazole rings is 1. The average Bonchev–Trinajstić information content (AvgIpc) is 3.08. The number of hydrogen-bond donors (Lipinski definition) is 0. The Hall–Kier alpha value is -1.35. The second kappa shape index (κ2) is 6.42. The van der Waals surface area contributed by atoms with Crippen molar-refractivity contribution in [3.05, 3.63) is 29.7 Å². The third kappa shape index (κ3) is 3.48. The Bertz CT molecular complexity index is 818. The Labute approximate surface area is 152 Å². The van der Waals surface area contributed by atoms with Crippen LogP contribution in [0.25, 0.3) is 11.2 Å². The van der Waals surface area contributed by atoms with Gasteiger partial charge in [-0.2, -0.15) is 0 Å². The van der Waals surface area contributed by atoms with E-state index < -0.39 is 26.5 Å². The lowest BCUT2D eigenvalue weighted by Gasteiger charge is -2.36. The van der Waals surface area contributed by atoms with Gasteiger partial charge in [-0.15, -0.1) is 0 Å². The van der Waals surface area contributed by atoms with Gasteiger partial charge >= 0.3 is 0 Å². The number of halogens is 2. The van der Waals surface area contributed by atoms with E-state index in [0.717, 1.165) is 0 Å². The van der Waals surface area contributed by atoms with E-state index in [4.69, 9.17) is 20.8 Å². The summed E-state index contributed by atoms with van der Waals surface area (Å²) < 4.78 is 27.9. The molecule has 0 radical (unpaired) electrons. The fourth-order valence-corrected chi connectivity index (χ4v) is 3.51. The van der Waals surface area contributed by atoms with E-state index in [1.54, 1.807) is 0 Å². The number of nitrogens with zero attached hydrogens (tertiary/aromatic N) is 4. The molecule has 25 heavy (non-hydrogen) atoms. The molecule has 1 unspecified atom stereocenters. The second-order valence-corrected chi connectivity index (χ2v) is 12.8. The highest BCUT2D eigenvalue weighted by Gasteiger charge is 2.39. The van der Waals surface area contributed by atoms with Crippen molar-refractivity contribution >= 4 is 31.1 Å². The normalized spacial score (nSPS) is 21.8. The highest BCUT2D eigenvalue weighted by molar-refractivity contribution is 6.74. The molecule has 2 atom stereocenters. The van der Waals surface area contributed by atoms with Crippen molar-refractivity contribution in [1.82, 2.24) is 19.5 Å². The molecule has 0 spiro atoms. The molecule has 3 rings (SSSR count). The van der Waals surface area contributed by atoms with Gasteiger partial charge in [0.1, 0.15) is 23.8 Å². The van der Waals surface area contributed by atoms with Crippen LogP contribution in [-0.4, -0.2) is 40.5 Å². The van der Waals surface area contributed by atoms with Gasteiger partial charge in [-0.1, -0.05) is 32.4 Å². The number of aromatic nitrogens is 4. The fraction of sp³-hybridized carbons (Fsp3) is 0.562. The molecule has 3 heterocycles. The molecule has 2 aromatic rings. The predicted molar refractivity (Wildman–Crippen MR) is 96.6 cm³/mol. The van der Waals surface area contributed by atoms with E-state index in [1.165, 1.54) is 23.3 Å². The minimum absolute atomic E-state index is 0.0848. The lowest BCUT2D eigenvalue weighted by Crippen LogP contribution is -2.42. The van der Waals surface area contributed by atoms with E-state index in [-0.39, 0.29) is 10.2 Å². The van der Waals surface area contributed by atoms with Gasteiger partial charge in [0, 0.05) is 0 Å². The highest BCUT2D eigenvalue weighted by Crippen LogP contribution is 2.38. The molecule has 0 amide bonds. The maximum Gasteiger partial charge on any atom is 0.192 e. The highest BCUT2D eigenvalue weighted by atomic mass is 35.5. The van der Waals surface area contributed by atoms with Gasteiger partial charge in [-0.05, 0) is 24.2 Å². The van der Waals surface area contributed by atoms with Crippen LogP contribution in [0.4, 0.5) is 4.39 Å². The van der Waals surface area contributed by atoms with Crippen LogP contribution in [0, 0.1) is 0 Å². The Balaban J connectivity index is 1.75. The van der Waals surface area contributed by atoms with E-state index in [0.29, 0.717) is 17.8 Å². The molecule has 0 fully saturated rings. The van der Waals surface area contributed by atoms with Crippen molar-refractivity contribution in [3.8, 4) is 0 Å². The summed E-state index contributed by atoms with van der Waals surface area (Å²) in [4.78, 5) is 12.2. The van der Waals surface area contributed by atoms with Gasteiger partial charge in [-0.3, -0.25) is 4.57 Å². The summed E-state index contributed by atoms with van der Waals surface area (Å²) in [7, 11) is -1.92. The summed E-state index contributed by atoms with van der Waals surface area (Å²) in [5, 5.41) is 0.311. The second-order valence-electron chi connectivity index (χ2n) is 7.64. The van der Waals surface area contributed by atoms with Crippen molar-refractivity contribution in [2.75, 3.05) is 6.61 Å². The van der Waals surface area contributed by atoms with Crippen molar-refractivity contribution in [2.45, 2.75) is 51.2 Å². The Morgan fingerprint density at radius 3 is 2.72 bits per heavy atom. The van der Waals surface area contributed by atoms with E-state index in [2.05, 4.69) is 48.8 Å². The minimum Gasteiger partial charge on any atom is -0.414 e. The molecular formula is C16H22ClFN4O2Si. The van der Waals surface area contributed by atoms with E-state index >= 15 is 0 Å². The first kappa shape index (κ1) is 18.4. The zero-order chi connectivity index (χ0) is 18.4. The number of hydrogen-bond acceptors (Lipinski definition) is 5. The van der Waals surface area contributed by atoms with Crippen LogP contribution in [0.5, 0.6) is 0 Å². The lowest BCUT2D eigenvalue weighted by atomic mass is 10.2. The average molecular weight is 385 g/mol. The molecule has 0 bridgehead atoms. The zero-order valence-corrected chi connectivity index (χ0v) is 16.7. The predicted octanol–water partition coefficient (Wildman–Crippen LogP) is 4.25. The van der Waals surface area contributed by atoms with Gasteiger partial charge in [0.25, 0.3) is 0 Å². The molecule has 9 heteroatoms. The smallest absolute Gasteiger partial charge is 0.192 e. The van der Waals surface area contributed by atoms with Crippen LogP contribution in [0.3, 0.4) is 0 Å². The molecule has 0 aromatic carbocycles. The van der Waals surface area contributed by atoms with E-state index in [1.807, 2.05) is 0 Å². The largest absolute Gasteiger partial charge is 0.414 e. The SMILES string of the molecule is CC(C)(C)[Si](C)(C)OC[C@H]1C=C(F)C(n2cnc3c(Cl)ncnc32)O1. The molecule has 0 saturated carbocycles. The summed E-state index contributed by atoms with van der Waals surface area (Å²) in [5.74, 6) is -0.391. The van der Waals surface area contributed by atoms with Gasteiger partial charge in [-0.25, -0.2) is 19.3 Å². The maximum absolute atomic E-state index is 14.5. The van der Waals surface area contributed by atoms with Crippen LogP contribution in [0.2, 0.25) is 23.3 Å². The summed E-state index contributed by atoms with van der Waals surface area (Å²) in [5.41, 5.74) is 0.848. The Morgan fingerprint density at radius 1 is 1.32 bits per heavy atom. The third-order valence-corrected chi connectivity index (χ3v) is 9.64. The van der Waals surface area contributed by atoms with Crippen LogP contribution in [0.1, 0.15) is 27.0 Å². The monoisotopic (exact) mass is 384 g/mol. The first-order valence-corrected chi connectivity index (χ1v) is 11.4. The van der Waals surface area contributed by atoms with Crippen LogP contribution < -0.4 is 0 Å². The fourth-order valence-electron chi connectivity index (χ4n) is 2.32. The summed E-state index contributed by atoms with van der Waals surface area (Å²) in [6.07, 6.45) is 2.86. The molecule has 0 N–H and O–H groups in total. The van der Waals surface area contributed by atoms with Crippen LogP contribution in [-0.2, 0) is 9.16 Å². The Morgan fingerprint density at radius 2 is 2.04 bits per heavy atom. The molecular weight excluding hydrogens is 363 g/mol. The number of ether oxygens (including phenoxy) is 1. The molecule has 136 valence electrons. The first-order chi connectivity index (χ1) is 11.6. The quantitative estimate of drug-likeness (QED) is 0.582. The summed E-state index contributed by atoms with van der Waals surface area (Å²) in [6.45, 7) is 11.1. The molecule has 0 saturated heterocycles. The minimum atomic E-state index is -1.92. The maximum atomic E-state index is 14.5. The van der Waals surface area contributed by atoms with Crippen molar-refractivity contribution in [3.63, 3.8) is 0 Å². The van der Waals surface area contributed by atoms with Gasteiger partial charge in [0.15, 0.2) is 25.3 Å².